The number of sulfonamides is 1. The normalized spacial score (nSPS) is 25.2. The Labute approximate surface area is 281 Å². The van der Waals surface area contributed by atoms with E-state index in [-0.39, 0.29) is 25.8 Å². The Bertz CT molecular complexity index is 1730. The summed E-state index contributed by atoms with van der Waals surface area (Å²) in [5, 5.41) is 11.7. The number of carbonyl (C=O) groups excluding carboxylic acids is 4. The van der Waals surface area contributed by atoms with Crippen LogP contribution in [0, 0.1) is 24.2 Å². The fraction of sp³-hybridized carbons (Fsp3) is 0.571. The van der Waals surface area contributed by atoms with Crippen molar-refractivity contribution in [1.29, 1.82) is 0 Å². The zero-order chi connectivity index (χ0) is 35.2. The van der Waals surface area contributed by atoms with E-state index in [1.165, 1.54) is 17.9 Å². The molecule has 0 bridgehead atoms. The van der Waals surface area contributed by atoms with Crippen molar-refractivity contribution in [3.8, 4) is 5.88 Å². The maximum Gasteiger partial charge on any atom is 0.307 e. The molecule has 1 aromatic carbocycles. The number of Topliss-reactive ketones (excluding diaryl/α,β-unsaturated/α-hetero) is 1. The Morgan fingerprint density at radius 3 is 2.52 bits per heavy atom. The number of ketones is 1. The lowest BCUT2D eigenvalue weighted by molar-refractivity contribution is -0.161. The van der Waals surface area contributed by atoms with Gasteiger partial charge in [-0.1, -0.05) is 23.8 Å². The molecule has 2 aliphatic carbocycles. The van der Waals surface area contributed by atoms with Gasteiger partial charge in [-0.2, -0.15) is 0 Å². The molecule has 0 radical (unpaired) electrons. The van der Waals surface area contributed by atoms with E-state index >= 15 is 0 Å². The summed E-state index contributed by atoms with van der Waals surface area (Å²) in [4.78, 5) is 60.2. The molecule has 2 heterocycles. The number of carbonyl (C=O) groups is 4. The van der Waals surface area contributed by atoms with E-state index in [9.17, 15) is 32.7 Å². The van der Waals surface area contributed by atoms with Gasteiger partial charge in [-0.3, -0.25) is 23.9 Å². The highest BCUT2D eigenvalue weighted by molar-refractivity contribution is 7.90. The number of pyridine rings is 1. The number of esters is 1. The molecule has 5 rings (SSSR count). The summed E-state index contributed by atoms with van der Waals surface area (Å²) < 4.78 is 39.2. The van der Waals surface area contributed by atoms with E-state index in [0.717, 1.165) is 16.3 Å². The van der Waals surface area contributed by atoms with Crippen molar-refractivity contribution < 1.29 is 42.2 Å². The number of amides is 2. The van der Waals surface area contributed by atoms with Crippen molar-refractivity contribution in [1.82, 2.24) is 14.6 Å². The van der Waals surface area contributed by atoms with Gasteiger partial charge in [0, 0.05) is 24.4 Å². The van der Waals surface area contributed by atoms with Crippen LogP contribution < -0.4 is 9.46 Å². The van der Waals surface area contributed by atoms with Crippen LogP contribution in [0.5, 0.6) is 5.88 Å². The summed E-state index contributed by atoms with van der Waals surface area (Å²) in [6.07, 6.45) is 1.72. The molecule has 2 saturated carbocycles. The van der Waals surface area contributed by atoms with Gasteiger partial charge in [0.05, 0.1) is 41.7 Å². The Morgan fingerprint density at radius 1 is 1.21 bits per heavy atom. The summed E-state index contributed by atoms with van der Waals surface area (Å²) in [7, 11) is -3.86. The summed E-state index contributed by atoms with van der Waals surface area (Å²) >= 11 is 0. The number of benzene rings is 1. The second-order valence-corrected chi connectivity index (χ2v) is 16.4. The van der Waals surface area contributed by atoms with Gasteiger partial charge in [-0.05, 0) is 77.3 Å². The van der Waals surface area contributed by atoms with Gasteiger partial charge in [0.2, 0.25) is 27.7 Å². The van der Waals surface area contributed by atoms with Gasteiger partial charge in [-0.15, -0.1) is 6.58 Å². The first-order chi connectivity index (χ1) is 22.4. The molecular weight excluding hydrogens is 638 g/mol. The SMILES string of the molecule is C=C[C@@H]1C[C@]1(CC(=O)[C@@H]1C[C@@H](Oc2nccc3cc(C)ccc23)CN1C(=O)[C@@H](CC(=O)OC(C)(C)C)[C@H](C)O)C(=O)NS(=O)(=O)C1CC1. The number of nitrogens with zero attached hydrogens (tertiary/aromatic N) is 2. The number of ether oxygens (including phenoxy) is 2. The molecule has 3 fully saturated rings. The van der Waals surface area contributed by atoms with E-state index in [4.69, 9.17) is 9.47 Å². The zero-order valence-electron chi connectivity index (χ0n) is 28.1. The zero-order valence-corrected chi connectivity index (χ0v) is 28.9. The first-order valence-electron chi connectivity index (χ1n) is 16.4. The van der Waals surface area contributed by atoms with Crippen molar-refractivity contribution >= 4 is 44.4 Å². The third kappa shape index (κ3) is 7.72. The molecule has 48 heavy (non-hydrogen) atoms. The van der Waals surface area contributed by atoms with Crippen LogP contribution in [0.4, 0.5) is 0 Å². The molecule has 12 nitrogen and oxygen atoms in total. The second kappa shape index (κ2) is 13.2. The topological polar surface area (TPSA) is 169 Å². The number of fused-ring (bicyclic) bond motifs is 1. The molecule has 3 aliphatic rings. The van der Waals surface area contributed by atoms with E-state index in [1.807, 2.05) is 31.2 Å². The second-order valence-electron chi connectivity index (χ2n) is 14.5. The first kappa shape index (κ1) is 35.5. The summed E-state index contributed by atoms with van der Waals surface area (Å²) in [5.41, 5.74) is -1.08. The molecule has 2 aromatic rings. The number of aliphatic hydroxyl groups is 1. The largest absolute Gasteiger partial charge is 0.472 e. The lowest BCUT2D eigenvalue weighted by Crippen LogP contribution is -2.48. The van der Waals surface area contributed by atoms with E-state index in [0.29, 0.717) is 18.7 Å². The molecule has 2 amide bonds. The molecule has 6 atom stereocenters. The predicted molar refractivity (Wildman–Crippen MR) is 177 cm³/mol. The minimum absolute atomic E-state index is 0.0448. The van der Waals surface area contributed by atoms with Crippen LogP contribution in [-0.4, -0.2) is 82.6 Å². The van der Waals surface area contributed by atoms with E-state index in [1.54, 1.807) is 27.0 Å². The third-order valence-electron chi connectivity index (χ3n) is 9.34. The van der Waals surface area contributed by atoms with Gasteiger partial charge in [-0.25, -0.2) is 13.4 Å². The van der Waals surface area contributed by atoms with Gasteiger partial charge in [0.15, 0.2) is 5.78 Å². The number of nitrogens with one attached hydrogen (secondary N) is 1. The van der Waals surface area contributed by atoms with Crippen molar-refractivity contribution in [2.45, 2.75) is 102 Å². The van der Waals surface area contributed by atoms with Crippen molar-refractivity contribution in [3.05, 3.63) is 48.7 Å². The maximum absolute atomic E-state index is 14.2. The van der Waals surface area contributed by atoms with Crippen molar-refractivity contribution in [2.75, 3.05) is 6.54 Å². The Hall–Kier alpha value is -3.84. The first-order valence-corrected chi connectivity index (χ1v) is 17.9. The van der Waals surface area contributed by atoms with Gasteiger partial charge >= 0.3 is 5.97 Å². The lowest BCUT2D eigenvalue weighted by Gasteiger charge is -2.30. The van der Waals surface area contributed by atoms with Crippen LogP contribution in [0.25, 0.3) is 10.8 Å². The van der Waals surface area contributed by atoms with Crippen molar-refractivity contribution in [3.63, 3.8) is 0 Å². The Morgan fingerprint density at radius 2 is 1.92 bits per heavy atom. The van der Waals surface area contributed by atoms with Crippen LogP contribution in [0.15, 0.2) is 43.1 Å². The number of allylic oxidation sites excluding steroid dienone is 1. The highest BCUT2D eigenvalue weighted by Gasteiger charge is 2.61. The summed E-state index contributed by atoms with van der Waals surface area (Å²) in [5.74, 6) is -3.82. The number of rotatable bonds is 13. The quantitative estimate of drug-likeness (QED) is 0.236. The molecule has 1 saturated heterocycles. The number of likely N-dealkylation sites (tertiary alicyclic amines) is 1. The van der Waals surface area contributed by atoms with Crippen molar-refractivity contribution in [2.24, 2.45) is 17.3 Å². The van der Waals surface area contributed by atoms with E-state index < -0.39 is 86.4 Å². The average Bonchev–Trinajstić information content (AvgIpc) is 3.91. The van der Waals surface area contributed by atoms with Crippen LogP contribution in [0.3, 0.4) is 0 Å². The predicted octanol–water partition coefficient (Wildman–Crippen LogP) is 3.38. The number of aliphatic hydroxyl groups excluding tert-OH is 1. The standard InChI is InChI=1S/C35H45N3O9S/c1-7-23-17-35(23,33(43)37-48(44,45)25-9-10-25)18-29(40)28-15-24(46-31-26-11-8-20(2)14-22(26)12-13-36-31)19-38(28)32(42)27(21(3)39)16-30(41)47-34(4,5)6/h7-8,11-14,21,23-25,27-28,39H,1,9-10,15-19H2,2-6H3,(H,37,43)/t21-,23+,24+,27-,28-,35+/m0/s1. The number of aryl methyl sites for hydroxylation is 1. The van der Waals surface area contributed by atoms with Gasteiger partial charge < -0.3 is 19.5 Å². The monoisotopic (exact) mass is 683 g/mol. The minimum atomic E-state index is -3.86. The minimum Gasteiger partial charge on any atom is -0.472 e. The Kier molecular flexibility index (Phi) is 9.77. The molecular formula is C35H45N3O9S. The summed E-state index contributed by atoms with van der Waals surface area (Å²) in [6, 6.07) is 6.59. The lowest BCUT2D eigenvalue weighted by atomic mass is 9.90. The van der Waals surface area contributed by atoms with Gasteiger partial charge in [0.25, 0.3) is 0 Å². The molecule has 13 heteroatoms. The molecule has 260 valence electrons. The number of hydrogen-bond acceptors (Lipinski definition) is 10. The molecule has 0 unspecified atom stereocenters. The van der Waals surface area contributed by atoms with Gasteiger partial charge in [0.1, 0.15) is 11.7 Å². The molecule has 0 spiro atoms. The highest BCUT2D eigenvalue weighted by Crippen LogP contribution is 2.57. The average molecular weight is 684 g/mol. The van der Waals surface area contributed by atoms with E-state index in [2.05, 4.69) is 16.3 Å². The fourth-order valence-corrected chi connectivity index (χ4v) is 7.89. The molecule has 1 aliphatic heterocycles. The highest BCUT2D eigenvalue weighted by atomic mass is 32.2. The maximum atomic E-state index is 14.2. The molecule has 1 aromatic heterocycles. The number of hydrogen-bond donors (Lipinski definition) is 2. The van der Waals surface area contributed by atoms with Crippen LogP contribution >= 0.6 is 0 Å². The molecule has 2 N–H and O–H groups in total. The third-order valence-corrected chi connectivity index (χ3v) is 11.2. The number of aromatic nitrogens is 1. The summed E-state index contributed by atoms with van der Waals surface area (Å²) in [6.45, 7) is 12.2. The fourth-order valence-electron chi connectivity index (χ4n) is 6.50. The van der Waals surface area contributed by atoms with Crippen LogP contribution in [0.1, 0.15) is 71.8 Å². The van der Waals surface area contributed by atoms with Crippen LogP contribution in [0.2, 0.25) is 0 Å². The smallest absolute Gasteiger partial charge is 0.307 e. The van der Waals surface area contributed by atoms with Crippen LogP contribution in [-0.2, 0) is 33.9 Å². The Balaban J connectivity index is 1.42.